The number of hydrogen-bond donors (Lipinski definition) is 1. The van der Waals surface area contributed by atoms with Crippen molar-refractivity contribution in [1.82, 2.24) is 9.55 Å². The summed E-state index contributed by atoms with van der Waals surface area (Å²) in [6, 6.07) is 8.09. The molecule has 82 valence electrons. The van der Waals surface area contributed by atoms with E-state index < -0.39 is 0 Å². The van der Waals surface area contributed by atoms with Gasteiger partial charge < -0.3 is 10.3 Å². The number of aromatic nitrogens is 2. The van der Waals surface area contributed by atoms with Gasteiger partial charge in [0.2, 0.25) is 0 Å². The van der Waals surface area contributed by atoms with Crippen LogP contribution >= 0.6 is 0 Å². The molecule has 2 N–H and O–H groups in total. The maximum absolute atomic E-state index is 11.4. The van der Waals surface area contributed by atoms with Crippen LogP contribution in [0.4, 0.5) is 5.82 Å². The normalized spacial score (nSPS) is 10.6. The van der Waals surface area contributed by atoms with Crippen LogP contribution < -0.4 is 16.5 Å². The van der Waals surface area contributed by atoms with E-state index in [-0.39, 0.29) is 11.4 Å². The Labute approximate surface area is 96.2 Å². The molecule has 0 aliphatic carbocycles. The van der Waals surface area contributed by atoms with Crippen LogP contribution in [0.5, 0.6) is 0 Å². The SMILES string of the molecule is Cn1cc(-c2cccc([SiH3])c2)nc(N)c1=O. The van der Waals surface area contributed by atoms with Gasteiger partial charge in [-0.1, -0.05) is 29.5 Å². The van der Waals surface area contributed by atoms with E-state index in [2.05, 4.69) is 17.1 Å². The second-order valence-electron chi connectivity index (χ2n) is 3.80. The number of rotatable bonds is 1. The molecule has 0 fully saturated rings. The lowest BCUT2D eigenvalue weighted by atomic mass is 10.1. The van der Waals surface area contributed by atoms with Gasteiger partial charge >= 0.3 is 0 Å². The Kier molecular flexibility index (Phi) is 2.62. The largest absolute Gasteiger partial charge is 0.379 e. The highest BCUT2D eigenvalue weighted by atomic mass is 28.1. The first kappa shape index (κ1) is 10.6. The lowest BCUT2D eigenvalue weighted by Gasteiger charge is -2.05. The van der Waals surface area contributed by atoms with Crippen molar-refractivity contribution in [3.8, 4) is 11.3 Å². The maximum Gasteiger partial charge on any atom is 0.292 e. The lowest BCUT2D eigenvalue weighted by Crippen LogP contribution is -2.21. The predicted molar refractivity (Wildman–Crippen MR) is 68.9 cm³/mol. The maximum atomic E-state index is 11.4. The van der Waals surface area contributed by atoms with E-state index in [4.69, 9.17) is 5.73 Å². The quantitative estimate of drug-likeness (QED) is 0.642. The van der Waals surface area contributed by atoms with Crippen LogP contribution in [0.1, 0.15) is 0 Å². The summed E-state index contributed by atoms with van der Waals surface area (Å²) in [6.07, 6.45) is 1.70. The van der Waals surface area contributed by atoms with Crippen molar-refractivity contribution >= 4 is 21.2 Å². The molecule has 0 unspecified atom stereocenters. The minimum Gasteiger partial charge on any atom is -0.379 e. The fourth-order valence-corrected chi connectivity index (χ4v) is 2.08. The molecule has 0 aliphatic rings. The Morgan fingerprint density at radius 1 is 1.44 bits per heavy atom. The van der Waals surface area contributed by atoms with Crippen LogP contribution in [-0.2, 0) is 7.05 Å². The second-order valence-corrected chi connectivity index (χ2v) is 4.95. The summed E-state index contributed by atoms with van der Waals surface area (Å²) in [5.74, 6) is 0.0405. The molecular formula is C11H13N3OSi. The number of nitrogens with zero attached hydrogens (tertiary/aromatic N) is 2. The molecule has 0 radical (unpaired) electrons. The second kappa shape index (κ2) is 3.94. The summed E-state index contributed by atoms with van der Waals surface area (Å²) in [4.78, 5) is 15.5. The Morgan fingerprint density at radius 3 is 2.81 bits per heavy atom. The fourth-order valence-electron chi connectivity index (χ4n) is 1.57. The van der Waals surface area contributed by atoms with Gasteiger partial charge in [-0.25, -0.2) is 4.98 Å². The van der Waals surface area contributed by atoms with E-state index in [0.717, 1.165) is 21.5 Å². The molecular weight excluding hydrogens is 218 g/mol. The molecule has 1 aromatic heterocycles. The van der Waals surface area contributed by atoms with Crippen LogP contribution in [0.2, 0.25) is 0 Å². The molecule has 2 aromatic rings. The fraction of sp³-hybridized carbons (Fsp3) is 0.0909. The average Bonchev–Trinajstić information content (AvgIpc) is 2.25. The zero-order valence-corrected chi connectivity index (χ0v) is 11.3. The molecule has 0 bridgehead atoms. The lowest BCUT2D eigenvalue weighted by molar-refractivity contribution is 0.850. The highest BCUT2D eigenvalue weighted by Crippen LogP contribution is 2.14. The first-order valence-corrected chi connectivity index (χ1v) is 5.98. The van der Waals surface area contributed by atoms with E-state index in [0.29, 0.717) is 0 Å². The van der Waals surface area contributed by atoms with Crippen molar-refractivity contribution in [1.29, 1.82) is 0 Å². The zero-order valence-electron chi connectivity index (χ0n) is 9.27. The number of anilines is 1. The minimum atomic E-state index is -0.259. The van der Waals surface area contributed by atoms with Crippen molar-refractivity contribution in [2.24, 2.45) is 7.05 Å². The van der Waals surface area contributed by atoms with Gasteiger partial charge in [-0.15, -0.1) is 0 Å². The average molecular weight is 231 g/mol. The first-order chi connectivity index (χ1) is 7.58. The van der Waals surface area contributed by atoms with Crippen LogP contribution in [-0.4, -0.2) is 19.8 Å². The molecule has 1 aromatic carbocycles. The summed E-state index contributed by atoms with van der Waals surface area (Å²) < 4.78 is 1.46. The standard InChI is InChI=1S/C11H13N3OSi/c1-14-6-9(13-10(12)11(14)15)7-3-2-4-8(16)5-7/h2-6H,1,16H3,(H2,12,13). The van der Waals surface area contributed by atoms with Gasteiger partial charge in [-0.3, -0.25) is 4.79 Å². The highest BCUT2D eigenvalue weighted by molar-refractivity contribution is 6.32. The summed E-state index contributed by atoms with van der Waals surface area (Å²) in [6.45, 7) is 0. The van der Waals surface area contributed by atoms with Crippen LogP contribution in [0, 0.1) is 0 Å². The Bertz CT molecular complexity index is 566. The minimum absolute atomic E-state index is 0.0405. The number of nitrogen functional groups attached to an aromatic ring is 1. The molecule has 0 saturated heterocycles. The predicted octanol–water partition coefficient (Wildman–Crippen LogP) is -0.980. The summed E-state index contributed by atoms with van der Waals surface area (Å²) in [7, 11) is 2.67. The van der Waals surface area contributed by atoms with Gasteiger partial charge in [0.05, 0.1) is 5.69 Å². The van der Waals surface area contributed by atoms with Crippen molar-refractivity contribution in [2.45, 2.75) is 0 Å². The molecule has 4 nitrogen and oxygen atoms in total. The first-order valence-electron chi connectivity index (χ1n) is 4.98. The molecule has 0 spiro atoms. The molecule has 5 heteroatoms. The van der Waals surface area contributed by atoms with E-state index in [9.17, 15) is 4.79 Å². The summed E-state index contributed by atoms with van der Waals surface area (Å²) >= 11 is 0. The summed E-state index contributed by atoms with van der Waals surface area (Å²) in [5.41, 5.74) is 7.03. The van der Waals surface area contributed by atoms with Gasteiger partial charge in [0.15, 0.2) is 5.82 Å². The molecule has 0 amide bonds. The summed E-state index contributed by atoms with van der Waals surface area (Å²) in [5, 5.41) is 1.28. The van der Waals surface area contributed by atoms with Crippen molar-refractivity contribution < 1.29 is 0 Å². The monoisotopic (exact) mass is 231 g/mol. The molecule has 0 aliphatic heterocycles. The zero-order chi connectivity index (χ0) is 11.7. The number of benzene rings is 1. The number of aryl methyl sites for hydroxylation is 1. The van der Waals surface area contributed by atoms with Crippen LogP contribution in [0.25, 0.3) is 11.3 Å². The van der Waals surface area contributed by atoms with E-state index in [1.54, 1.807) is 13.2 Å². The molecule has 0 saturated carbocycles. The van der Waals surface area contributed by atoms with E-state index in [1.165, 1.54) is 9.75 Å². The third-order valence-electron chi connectivity index (χ3n) is 2.41. The molecule has 0 atom stereocenters. The molecule has 1 heterocycles. The van der Waals surface area contributed by atoms with Crippen molar-refractivity contribution in [3.05, 3.63) is 40.8 Å². The molecule has 16 heavy (non-hydrogen) atoms. The number of nitrogens with two attached hydrogens (primary N) is 1. The Hall–Kier alpha value is -1.88. The topological polar surface area (TPSA) is 60.9 Å². The number of hydrogen-bond acceptors (Lipinski definition) is 3. The third kappa shape index (κ3) is 1.89. The van der Waals surface area contributed by atoms with Gasteiger partial charge in [0.1, 0.15) is 0 Å². The van der Waals surface area contributed by atoms with Crippen molar-refractivity contribution in [2.75, 3.05) is 5.73 Å². The van der Waals surface area contributed by atoms with E-state index >= 15 is 0 Å². The van der Waals surface area contributed by atoms with Crippen molar-refractivity contribution in [3.63, 3.8) is 0 Å². The van der Waals surface area contributed by atoms with Crippen LogP contribution in [0.15, 0.2) is 35.3 Å². The van der Waals surface area contributed by atoms with Gasteiger partial charge in [-0.05, 0) is 0 Å². The Morgan fingerprint density at radius 2 is 2.19 bits per heavy atom. The van der Waals surface area contributed by atoms with Crippen LogP contribution in [0.3, 0.4) is 0 Å². The smallest absolute Gasteiger partial charge is 0.292 e. The van der Waals surface area contributed by atoms with Gasteiger partial charge in [0.25, 0.3) is 5.56 Å². The third-order valence-corrected chi connectivity index (χ3v) is 3.03. The molecule has 2 rings (SSSR count). The van der Waals surface area contributed by atoms with Gasteiger partial charge in [-0.2, -0.15) is 0 Å². The van der Waals surface area contributed by atoms with E-state index in [1.807, 2.05) is 12.1 Å². The van der Waals surface area contributed by atoms with Gasteiger partial charge in [0, 0.05) is 29.1 Å². The Balaban J connectivity index is 2.61. The highest BCUT2D eigenvalue weighted by Gasteiger charge is 2.05.